The van der Waals surface area contributed by atoms with Gasteiger partial charge in [0.15, 0.2) is 23.0 Å². The Labute approximate surface area is 227 Å². The van der Waals surface area contributed by atoms with Crippen LogP contribution in [-0.4, -0.2) is 98.6 Å². The lowest BCUT2D eigenvalue weighted by Crippen LogP contribution is -2.30. The van der Waals surface area contributed by atoms with Gasteiger partial charge in [-0.2, -0.15) is 0 Å². The summed E-state index contributed by atoms with van der Waals surface area (Å²) < 4.78 is 33.2. The lowest BCUT2D eigenvalue weighted by molar-refractivity contribution is 0.241. The molecule has 2 aromatic carbocycles. The van der Waals surface area contributed by atoms with E-state index < -0.39 is 0 Å². The fraction of sp³-hybridized carbons (Fsp3) is 0.481. The molecule has 0 aliphatic carbocycles. The molecule has 0 bridgehead atoms. The van der Waals surface area contributed by atoms with Gasteiger partial charge in [-0.25, -0.2) is 9.97 Å². The van der Waals surface area contributed by atoms with Crippen LogP contribution in [0.1, 0.15) is 18.1 Å². The van der Waals surface area contributed by atoms with Crippen molar-refractivity contribution in [3.05, 3.63) is 23.8 Å². The number of benzene rings is 2. The van der Waals surface area contributed by atoms with Crippen molar-refractivity contribution < 1.29 is 28.4 Å². The molecule has 0 saturated carbocycles. The van der Waals surface area contributed by atoms with E-state index in [1.165, 1.54) is 0 Å². The fourth-order valence-electron chi connectivity index (χ4n) is 5.25. The van der Waals surface area contributed by atoms with Gasteiger partial charge in [0, 0.05) is 25.2 Å². The van der Waals surface area contributed by atoms with E-state index in [9.17, 15) is 0 Å². The Balaban J connectivity index is 1.28. The molecule has 210 valence electrons. The average Bonchev–Trinajstić information content (AvgIpc) is 3.48. The van der Waals surface area contributed by atoms with Crippen molar-refractivity contribution in [2.24, 2.45) is 0 Å². The van der Waals surface area contributed by atoms with E-state index in [1.54, 1.807) is 42.7 Å². The van der Waals surface area contributed by atoms with E-state index in [4.69, 9.17) is 38.4 Å². The van der Waals surface area contributed by atoms with Crippen molar-refractivity contribution >= 4 is 22.1 Å². The Hall–Kier alpha value is -3.90. The minimum atomic E-state index is 0.538. The number of imidazole rings is 2. The first kappa shape index (κ1) is 26.7. The number of hydrogen-bond donors (Lipinski definition) is 2. The number of H-pyrrole nitrogens is 2. The number of aromatic nitrogens is 4. The van der Waals surface area contributed by atoms with Gasteiger partial charge in [0.2, 0.25) is 11.5 Å². The zero-order valence-corrected chi connectivity index (χ0v) is 23.3. The largest absolute Gasteiger partial charge is 0.493 e. The van der Waals surface area contributed by atoms with Crippen molar-refractivity contribution in [2.75, 3.05) is 68.8 Å². The highest BCUT2D eigenvalue weighted by atomic mass is 16.5. The predicted molar refractivity (Wildman–Crippen MR) is 147 cm³/mol. The highest BCUT2D eigenvalue weighted by Gasteiger charge is 2.23. The van der Waals surface area contributed by atoms with Crippen LogP contribution in [0.15, 0.2) is 12.1 Å². The van der Waals surface area contributed by atoms with Gasteiger partial charge in [0.1, 0.15) is 22.7 Å². The van der Waals surface area contributed by atoms with Crippen molar-refractivity contribution in [1.29, 1.82) is 0 Å². The normalized spacial score (nSPS) is 14.9. The van der Waals surface area contributed by atoms with E-state index in [0.717, 1.165) is 66.3 Å². The van der Waals surface area contributed by atoms with Crippen LogP contribution >= 0.6 is 0 Å². The van der Waals surface area contributed by atoms with Crippen LogP contribution in [0.2, 0.25) is 0 Å². The molecule has 1 aliphatic rings. The maximum Gasteiger partial charge on any atom is 0.205 e. The van der Waals surface area contributed by atoms with Gasteiger partial charge in [-0.3, -0.25) is 9.80 Å². The molecule has 12 nitrogen and oxygen atoms in total. The van der Waals surface area contributed by atoms with Gasteiger partial charge in [-0.1, -0.05) is 0 Å². The van der Waals surface area contributed by atoms with Crippen molar-refractivity contribution in [3.63, 3.8) is 0 Å². The second-order valence-electron chi connectivity index (χ2n) is 9.36. The van der Waals surface area contributed by atoms with Crippen molar-refractivity contribution in [1.82, 2.24) is 29.7 Å². The highest BCUT2D eigenvalue weighted by Crippen LogP contribution is 2.43. The standard InChI is InChI=1S/C27H36N6O6/c1-34-18-12-16-22(26(38-5)24(18)36-3)30-20(28-16)14-32-8-7-9-33(11-10-32)15-21-29-17-13-19(35-2)25(37-4)27(39-6)23(17)31-21/h12-13H,7-11,14-15H2,1-6H3,(H,28,30)(H,29,31). The predicted octanol–water partition coefficient (Wildman–Crippen LogP) is 3.20. The summed E-state index contributed by atoms with van der Waals surface area (Å²) in [5.41, 5.74) is 3.17. The van der Waals surface area contributed by atoms with Crippen LogP contribution in [0.5, 0.6) is 34.5 Å². The Bertz CT molecular complexity index is 1340. The van der Waals surface area contributed by atoms with E-state index in [-0.39, 0.29) is 0 Å². The molecule has 0 amide bonds. The number of fused-ring (bicyclic) bond motifs is 2. The molecule has 39 heavy (non-hydrogen) atoms. The van der Waals surface area contributed by atoms with E-state index in [1.807, 2.05) is 12.1 Å². The van der Waals surface area contributed by atoms with Crippen LogP contribution in [0.4, 0.5) is 0 Å². The number of rotatable bonds is 10. The van der Waals surface area contributed by atoms with Crippen molar-refractivity contribution in [3.8, 4) is 34.5 Å². The number of nitrogens with zero attached hydrogens (tertiary/aromatic N) is 4. The molecular weight excluding hydrogens is 504 g/mol. The molecule has 0 radical (unpaired) electrons. The quantitative estimate of drug-likeness (QED) is 0.310. The summed E-state index contributed by atoms with van der Waals surface area (Å²) in [4.78, 5) is 21.3. The molecule has 2 aromatic heterocycles. The Kier molecular flexibility index (Phi) is 7.84. The van der Waals surface area contributed by atoms with E-state index in [2.05, 4.69) is 19.8 Å². The maximum atomic E-state index is 5.61. The SMILES string of the molecule is COc1cc2[nH]c(CN3CCCN(Cc4nc5c(OC)c(OC)c(OC)cc5[nH]4)CC3)nc2c(OC)c1OC. The summed E-state index contributed by atoms with van der Waals surface area (Å²) in [5, 5.41) is 0. The molecule has 0 unspecified atom stereocenters. The molecule has 1 saturated heterocycles. The zero-order valence-electron chi connectivity index (χ0n) is 23.3. The summed E-state index contributed by atoms with van der Waals surface area (Å²) in [7, 11) is 9.63. The maximum absolute atomic E-state index is 5.61. The number of nitrogens with one attached hydrogen (secondary N) is 2. The monoisotopic (exact) mass is 540 g/mol. The lowest BCUT2D eigenvalue weighted by atomic mass is 10.2. The Morgan fingerprint density at radius 3 is 1.36 bits per heavy atom. The van der Waals surface area contributed by atoms with E-state index in [0.29, 0.717) is 47.6 Å². The Morgan fingerprint density at radius 1 is 0.590 bits per heavy atom. The third-order valence-corrected chi connectivity index (χ3v) is 7.09. The Morgan fingerprint density at radius 2 is 1.00 bits per heavy atom. The zero-order chi connectivity index (χ0) is 27.5. The molecular formula is C27H36N6O6. The molecule has 1 fully saturated rings. The molecule has 0 spiro atoms. The average molecular weight is 541 g/mol. The summed E-state index contributed by atoms with van der Waals surface area (Å²) in [6.45, 7) is 5.17. The second-order valence-corrected chi connectivity index (χ2v) is 9.36. The van der Waals surface area contributed by atoms with Crippen LogP contribution in [0, 0.1) is 0 Å². The molecule has 4 aromatic rings. The van der Waals surface area contributed by atoms with Gasteiger partial charge in [-0.15, -0.1) is 0 Å². The summed E-state index contributed by atoms with van der Waals surface area (Å²) in [5.74, 6) is 5.15. The van der Waals surface area contributed by atoms with Gasteiger partial charge in [0.05, 0.1) is 66.8 Å². The molecule has 5 rings (SSSR count). The first-order valence-electron chi connectivity index (χ1n) is 12.8. The van der Waals surface area contributed by atoms with Gasteiger partial charge < -0.3 is 38.4 Å². The van der Waals surface area contributed by atoms with Crippen LogP contribution in [-0.2, 0) is 13.1 Å². The van der Waals surface area contributed by atoms with Crippen molar-refractivity contribution in [2.45, 2.75) is 19.5 Å². The third-order valence-electron chi connectivity index (χ3n) is 7.09. The van der Waals surface area contributed by atoms with Crippen LogP contribution in [0.3, 0.4) is 0 Å². The van der Waals surface area contributed by atoms with Gasteiger partial charge in [0.25, 0.3) is 0 Å². The summed E-state index contributed by atoms with van der Waals surface area (Å²) in [6, 6.07) is 3.79. The first-order valence-corrected chi connectivity index (χ1v) is 12.8. The number of hydrogen-bond acceptors (Lipinski definition) is 10. The molecule has 1 aliphatic heterocycles. The van der Waals surface area contributed by atoms with Gasteiger partial charge >= 0.3 is 0 Å². The van der Waals surface area contributed by atoms with E-state index >= 15 is 0 Å². The third kappa shape index (κ3) is 5.09. The highest BCUT2D eigenvalue weighted by molar-refractivity contribution is 5.88. The van der Waals surface area contributed by atoms with Crippen LogP contribution < -0.4 is 28.4 Å². The number of aromatic amines is 2. The molecule has 0 atom stereocenters. The molecule has 3 heterocycles. The van der Waals surface area contributed by atoms with Crippen LogP contribution in [0.25, 0.3) is 22.1 Å². The summed E-state index contributed by atoms with van der Waals surface area (Å²) in [6.07, 6.45) is 1.04. The smallest absolute Gasteiger partial charge is 0.205 e. The second kappa shape index (κ2) is 11.5. The van der Waals surface area contributed by atoms with Gasteiger partial charge in [-0.05, 0) is 19.5 Å². The summed E-state index contributed by atoms with van der Waals surface area (Å²) >= 11 is 0. The fourth-order valence-corrected chi connectivity index (χ4v) is 5.25. The number of methoxy groups -OCH3 is 6. The minimum absolute atomic E-state index is 0.538. The molecule has 2 N–H and O–H groups in total. The number of ether oxygens (including phenoxy) is 6. The molecule has 12 heteroatoms. The topological polar surface area (TPSA) is 119 Å². The first-order chi connectivity index (χ1) is 19.0. The lowest BCUT2D eigenvalue weighted by Gasteiger charge is -2.20. The minimum Gasteiger partial charge on any atom is -0.493 e.